The fourth-order valence-electron chi connectivity index (χ4n) is 2.84. The number of allylic oxidation sites excluding steroid dienone is 2. The molecule has 0 fully saturated rings. The second-order valence-electron chi connectivity index (χ2n) is 5.19. The zero-order chi connectivity index (χ0) is 17.0. The number of nitrogens with zero attached hydrogens (tertiary/aromatic N) is 1. The van der Waals surface area contributed by atoms with Crippen molar-refractivity contribution >= 4 is 75.3 Å². The minimum atomic E-state index is -1.66. The molecule has 1 aliphatic heterocycles. The summed E-state index contributed by atoms with van der Waals surface area (Å²) in [6, 6.07) is 9.33. The molecule has 0 aromatic heterocycles. The maximum atomic E-state index is 13.0. The van der Waals surface area contributed by atoms with E-state index < -0.39 is 20.5 Å². The summed E-state index contributed by atoms with van der Waals surface area (Å²) in [6.07, 6.45) is 3.07. The number of ketones is 2. The summed E-state index contributed by atoms with van der Waals surface area (Å²) in [7, 11) is 0. The maximum Gasteiger partial charge on any atom is 0.211 e. The van der Waals surface area contributed by atoms with E-state index in [1.807, 2.05) is 30.3 Å². The Morgan fingerprint density at radius 1 is 1.00 bits per heavy atom. The van der Waals surface area contributed by atoms with E-state index >= 15 is 0 Å². The summed E-state index contributed by atoms with van der Waals surface area (Å²) in [4.78, 5) is 25.9. The lowest BCUT2D eigenvalue weighted by atomic mass is 9.72. The standard InChI is InChI=1S/C15H9Br4NO3/c16-10-11(17)13(22)15(19)14(18,12(10)21)9(6-7-20(15)23)8-4-2-1-3-5-8/h1-7,9,23H. The molecule has 0 saturated heterocycles. The lowest BCUT2D eigenvalue weighted by Gasteiger charge is -2.52. The molecule has 4 nitrogen and oxygen atoms in total. The van der Waals surface area contributed by atoms with Crippen LogP contribution in [0.5, 0.6) is 0 Å². The van der Waals surface area contributed by atoms with Gasteiger partial charge in [-0.25, -0.2) is 5.06 Å². The molecule has 0 radical (unpaired) electrons. The normalized spacial score (nSPS) is 34.0. The van der Waals surface area contributed by atoms with Crippen LogP contribution in [0, 0.1) is 0 Å². The lowest BCUT2D eigenvalue weighted by Crippen LogP contribution is -2.69. The van der Waals surface area contributed by atoms with Crippen LogP contribution in [0.2, 0.25) is 0 Å². The van der Waals surface area contributed by atoms with Crippen LogP contribution in [0.25, 0.3) is 0 Å². The van der Waals surface area contributed by atoms with Crippen molar-refractivity contribution in [2.24, 2.45) is 0 Å². The lowest BCUT2D eigenvalue weighted by molar-refractivity contribution is -0.152. The predicted octanol–water partition coefficient (Wildman–Crippen LogP) is 4.37. The van der Waals surface area contributed by atoms with Crippen LogP contribution in [-0.2, 0) is 9.59 Å². The zero-order valence-electron chi connectivity index (χ0n) is 11.3. The summed E-state index contributed by atoms with van der Waals surface area (Å²) in [5.74, 6) is -1.28. The highest BCUT2D eigenvalue weighted by Crippen LogP contribution is 2.59. The van der Waals surface area contributed by atoms with Crippen LogP contribution >= 0.6 is 63.7 Å². The molecule has 0 spiro atoms. The van der Waals surface area contributed by atoms with E-state index in [9.17, 15) is 14.8 Å². The Bertz CT molecular complexity index is 763. The Labute approximate surface area is 166 Å². The molecule has 1 aliphatic carbocycles. The summed E-state index contributed by atoms with van der Waals surface area (Å²) < 4.78 is -2.87. The molecule has 1 N–H and O–H groups in total. The Morgan fingerprint density at radius 3 is 2.17 bits per heavy atom. The van der Waals surface area contributed by atoms with E-state index in [0.29, 0.717) is 0 Å². The van der Waals surface area contributed by atoms with Crippen molar-refractivity contribution in [1.82, 2.24) is 5.06 Å². The monoisotopic (exact) mass is 567 g/mol. The highest BCUT2D eigenvalue weighted by atomic mass is 79.9. The zero-order valence-corrected chi connectivity index (χ0v) is 17.7. The molecule has 23 heavy (non-hydrogen) atoms. The minimum absolute atomic E-state index is 0.0793. The van der Waals surface area contributed by atoms with Gasteiger partial charge < -0.3 is 0 Å². The van der Waals surface area contributed by atoms with Crippen molar-refractivity contribution in [2.75, 3.05) is 0 Å². The van der Waals surface area contributed by atoms with E-state index in [1.54, 1.807) is 6.08 Å². The molecule has 0 bridgehead atoms. The van der Waals surface area contributed by atoms with Gasteiger partial charge in [0.15, 0.2) is 5.78 Å². The molecule has 3 unspecified atom stereocenters. The highest BCUT2D eigenvalue weighted by molar-refractivity contribution is 9.15. The quantitative estimate of drug-likeness (QED) is 0.403. The number of hydroxylamine groups is 2. The second-order valence-corrected chi connectivity index (χ2v) is 9.18. The molecule has 0 amide bonds. The number of carbonyl (C=O) groups is 2. The maximum absolute atomic E-state index is 13.0. The molecule has 8 heteroatoms. The van der Waals surface area contributed by atoms with Crippen LogP contribution in [0.15, 0.2) is 51.6 Å². The molecule has 3 atom stereocenters. The van der Waals surface area contributed by atoms with Gasteiger partial charge in [-0.2, -0.15) is 0 Å². The van der Waals surface area contributed by atoms with E-state index in [1.165, 1.54) is 6.20 Å². The van der Waals surface area contributed by atoms with Crippen molar-refractivity contribution in [3.05, 3.63) is 57.1 Å². The van der Waals surface area contributed by atoms with Gasteiger partial charge in [0.05, 0.1) is 8.96 Å². The van der Waals surface area contributed by atoms with Gasteiger partial charge in [-0.15, -0.1) is 0 Å². The molecule has 1 aromatic carbocycles. The van der Waals surface area contributed by atoms with E-state index in [-0.39, 0.29) is 14.7 Å². The average molecular weight is 571 g/mol. The number of alkyl halides is 2. The summed E-state index contributed by atoms with van der Waals surface area (Å²) >= 11 is 13.1. The Balaban J connectivity index is 2.30. The number of Topliss-reactive ketones (excluding diaryl/α,β-unsaturated/α-hetero) is 2. The number of hydrogen-bond donors (Lipinski definition) is 1. The predicted molar refractivity (Wildman–Crippen MR) is 100 cm³/mol. The van der Waals surface area contributed by atoms with Crippen LogP contribution < -0.4 is 0 Å². The second kappa shape index (κ2) is 5.91. The van der Waals surface area contributed by atoms with Gasteiger partial charge in [-0.1, -0.05) is 52.3 Å². The number of hydrogen-bond acceptors (Lipinski definition) is 4. The average Bonchev–Trinajstić information content (AvgIpc) is 2.56. The van der Waals surface area contributed by atoms with E-state index in [2.05, 4.69) is 63.7 Å². The largest absolute Gasteiger partial charge is 0.292 e. The Morgan fingerprint density at radius 2 is 1.57 bits per heavy atom. The molecule has 120 valence electrons. The van der Waals surface area contributed by atoms with Gasteiger partial charge in [-0.3, -0.25) is 14.8 Å². The molecule has 3 rings (SSSR count). The van der Waals surface area contributed by atoms with Gasteiger partial charge in [0, 0.05) is 12.1 Å². The third kappa shape index (κ3) is 2.22. The Hall–Kier alpha value is -0.280. The molecular formula is C15H9Br4NO3. The number of carbonyl (C=O) groups excluding carboxylic acids is 2. The van der Waals surface area contributed by atoms with Crippen molar-refractivity contribution in [3.8, 4) is 0 Å². The number of rotatable bonds is 1. The SMILES string of the molecule is O=C1C(Br)=C(Br)C(=O)C2(Br)N(O)C=CC(c3ccccc3)C12Br. The van der Waals surface area contributed by atoms with Crippen LogP contribution in [0.3, 0.4) is 0 Å². The van der Waals surface area contributed by atoms with Gasteiger partial charge in [0.2, 0.25) is 10.2 Å². The summed E-state index contributed by atoms with van der Waals surface area (Å²) in [5, 5.41) is 11.0. The number of benzene rings is 1. The third-order valence-electron chi connectivity index (χ3n) is 4.03. The molecule has 1 aromatic rings. The first kappa shape index (κ1) is 17.5. The smallest absolute Gasteiger partial charge is 0.211 e. The molecule has 1 heterocycles. The van der Waals surface area contributed by atoms with Gasteiger partial charge in [0.25, 0.3) is 0 Å². The first-order chi connectivity index (χ1) is 10.8. The first-order valence-corrected chi connectivity index (χ1v) is 9.67. The molecule has 2 aliphatic rings. The van der Waals surface area contributed by atoms with Crippen molar-refractivity contribution in [1.29, 1.82) is 0 Å². The van der Waals surface area contributed by atoms with Gasteiger partial charge in [0.1, 0.15) is 4.32 Å². The van der Waals surface area contributed by atoms with Crippen LogP contribution in [-0.4, -0.2) is 30.6 Å². The van der Waals surface area contributed by atoms with E-state index in [0.717, 1.165) is 10.6 Å². The van der Waals surface area contributed by atoms with Crippen LogP contribution in [0.4, 0.5) is 0 Å². The first-order valence-electron chi connectivity index (χ1n) is 6.50. The highest BCUT2D eigenvalue weighted by Gasteiger charge is 2.69. The minimum Gasteiger partial charge on any atom is -0.292 e. The number of halogens is 4. The fourth-order valence-corrected chi connectivity index (χ4v) is 6.05. The van der Waals surface area contributed by atoms with Crippen molar-refractivity contribution in [3.63, 3.8) is 0 Å². The van der Waals surface area contributed by atoms with Crippen LogP contribution in [0.1, 0.15) is 11.5 Å². The Kier molecular flexibility index (Phi) is 4.51. The third-order valence-corrected chi connectivity index (χ3v) is 9.38. The summed E-state index contributed by atoms with van der Waals surface area (Å²) in [6.45, 7) is 0. The van der Waals surface area contributed by atoms with Gasteiger partial charge in [-0.05, 0) is 53.4 Å². The number of fused-ring (bicyclic) bond motifs is 1. The summed E-state index contributed by atoms with van der Waals surface area (Å²) in [5.41, 5.74) is 0.844. The molecule has 0 saturated carbocycles. The van der Waals surface area contributed by atoms with E-state index in [4.69, 9.17) is 0 Å². The van der Waals surface area contributed by atoms with Crippen molar-refractivity contribution < 1.29 is 14.8 Å². The van der Waals surface area contributed by atoms with Gasteiger partial charge >= 0.3 is 0 Å². The fraction of sp³-hybridized carbons (Fsp3) is 0.200. The topological polar surface area (TPSA) is 57.6 Å². The molecular weight excluding hydrogens is 562 g/mol. The van der Waals surface area contributed by atoms with Crippen molar-refractivity contribution in [2.45, 2.75) is 14.7 Å².